The lowest BCUT2D eigenvalue weighted by Crippen LogP contribution is -2.05. The molecule has 0 saturated heterocycles. The Kier molecular flexibility index (Phi) is 5.37. The molecular weight excluding hydrogens is 308 g/mol. The Morgan fingerprint density at radius 2 is 2.08 bits per heavy atom. The summed E-state index contributed by atoms with van der Waals surface area (Å²) in [5.41, 5.74) is 5.67. The zero-order chi connectivity index (χ0) is 17.6. The third kappa shape index (κ3) is 3.84. The first kappa shape index (κ1) is 17.1. The van der Waals surface area contributed by atoms with Gasteiger partial charge in [-0.25, -0.2) is 0 Å². The Bertz CT molecular complexity index is 928. The van der Waals surface area contributed by atoms with Gasteiger partial charge in [0.1, 0.15) is 0 Å². The third-order valence-corrected chi connectivity index (χ3v) is 4.21. The van der Waals surface area contributed by atoms with Crippen LogP contribution in [0.5, 0.6) is 0 Å². The quantitative estimate of drug-likeness (QED) is 0.702. The van der Waals surface area contributed by atoms with Crippen molar-refractivity contribution in [1.82, 2.24) is 14.9 Å². The number of anilines is 1. The summed E-state index contributed by atoms with van der Waals surface area (Å²) in [5, 5.41) is 7.84. The molecule has 0 spiro atoms. The lowest BCUT2D eigenvalue weighted by atomic mass is 10.1. The van der Waals surface area contributed by atoms with Crippen LogP contribution in [0.3, 0.4) is 0 Å². The van der Waals surface area contributed by atoms with Crippen molar-refractivity contribution < 1.29 is 0 Å². The van der Waals surface area contributed by atoms with Crippen LogP contribution in [0.15, 0.2) is 42.6 Å². The summed E-state index contributed by atoms with van der Waals surface area (Å²) in [6.45, 7) is 6.53. The van der Waals surface area contributed by atoms with Gasteiger partial charge in [0.15, 0.2) is 0 Å². The van der Waals surface area contributed by atoms with Gasteiger partial charge >= 0.3 is 0 Å². The largest absolute Gasteiger partial charge is 0.374 e. The van der Waals surface area contributed by atoms with E-state index in [2.05, 4.69) is 63.2 Å². The van der Waals surface area contributed by atoms with E-state index in [0.29, 0.717) is 6.54 Å². The second-order valence-corrected chi connectivity index (χ2v) is 6.00. The molecule has 1 aromatic carbocycles. The van der Waals surface area contributed by atoms with Gasteiger partial charge in [0.25, 0.3) is 0 Å². The molecule has 0 amide bonds. The van der Waals surface area contributed by atoms with Crippen LogP contribution < -0.4 is 10.6 Å². The van der Waals surface area contributed by atoms with E-state index < -0.39 is 0 Å². The summed E-state index contributed by atoms with van der Waals surface area (Å²) in [6, 6.07) is 12.6. The smallest absolute Gasteiger partial charge is 0.0931 e. The molecule has 0 unspecified atom stereocenters. The molecule has 2 N–H and O–H groups in total. The molecule has 0 saturated carbocycles. The minimum Gasteiger partial charge on any atom is -0.374 e. The number of fused-ring (bicyclic) bond motifs is 1. The van der Waals surface area contributed by atoms with Crippen molar-refractivity contribution in [3.8, 4) is 11.8 Å². The second kappa shape index (κ2) is 7.87. The van der Waals surface area contributed by atoms with E-state index in [-0.39, 0.29) is 0 Å². The molecular formula is C21H24N4. The van der Waals surface area contributed by atoms with Gasteiger partial charge in [0, 0.05) is 41.6 Å². The Morgan fingerprint density at radius 1 is 1.20 bits per heavy atom. The van der Waals surface area contributed by atoms with Gasteiger partial charge in [-0.15, -0.1) is 0 Å². The molecule has 0 radical (unpaired) electrons. The summed E-state index contributed by atoms with van der Waals surface area (Å²) in [7, 11) is 1.98. The van der Waals surface area contributed by atoms with Gasteiger partial charge in [-0.1, -0.05) is 18.1 Å². The number of rotatable bonds is 5. The lowest BCUT2D eigenvalue weighted by Gasteiger charge is -2.05. The van der Waals surface area contributed by atoms with Crippen molar-refractivity contribution in [3.63, 3.8) is 0 Å². The van der Waals surface area contributed by atoms with Crippen LogP contribution in [-0.4, -0.2) is 23.1 Å². The van der Waals surface area contributed by atoms with E-state index in [1.807, 2.05) is 32.3 Å². The molecule has 0 aliphatic heterocycles. The fourth-order valence-electron chi connectivity index (χ4n) is 3.07. The van der Waals surface area contributed by atoms with Crippen molar-refractivity contribution >= 4 is 16.6 Å². The van der Waals surface area contributed by atoms with Gasteiger partial charge in [0.05, 0.1) is 12.2 Å². The zero-order valence-electron chi connectivity index (χ0n) is 15.1. The van der Waals surface area contributed by atoms with Crippen LogP contribution in [0.2, 0.25) is 0 Å². The summed E-state index contributed by atoms with van der Waals surface area (Å²) in [5.74, 6) is 6.56. The average Bonchev–Trinajstić information content (AvgIpc) is 2.97. The molecule has 0 fully saturated rings. The Hall–Kier alpha value is -2.77. The third-order valence-electron chi connectivity index (χ3n) is 4.21. The second-order valence-electron chi connectivity index (χ2n) is 6.00. The molecule has 2 heterocycles. The zero-order valence-corrected chi connectivity index (χ0v) is 15.1. The van der Waals surface area contributed by atoms with E-state index in [1.165, 1.54) is 16.5 Å². The van der Waals surface area contributed by atoms with Crippen molar-refractivity contribution in [2.45, 2.75) is 26.9 Å². The topological polar surface area (TPSA) is 41.9 Å². The van der Waals surface area contributed by atoms with Crippen LogP contribution >= 0.6 is 0 Å². The minimum atomic E-state index is 0.609. The molecule has 25 heavy (non-hydrogen) atoms. The molecule has 4 nitrogen and oxygen atoms in total. The highest BCUT2D eigenvalue weighted by atomic mass is 15.0. The summed E-state index contributed by atoms with van der Waals surface area (Å²) in [4.78, 5) is 4.20. The SMILES string of the molecule is CCn1c(C#CCNc2ccnc(C)c2)cc2c(CNC)cccc21. The van der Waals surface area contributed by atoms with Crippen LogP contribution in [-0.2, 0) is 13.1 Å². The monoisotopic (exact) mass is 332 g/mol. The predicted molar refractivity (Wildman–Crippen MR) is 105 cm³/mol. The average molecular weight is 332 g/mol. The molecule has 4 heteroatoms. The highest BCUT2D eigenvalue weighted by Crippen LogP contribution is 2.23. The molecule has 2 aromatic heterocycles. The number of hydrogen-bond donors (Lipinski definition) is 2. The van der Waals surface area contributed by atoms with E-state index >= 15 is 0 Å². The maximum Gasteiger partial charge on any atom is 0.0931 e. The van der Waals surface area contributed by atoms with Gasteiger partial charge in [-0.2, -0.15) is 0 Å². The highest BCUT2D eigenvalue weighted by Gasteiger charge is 2.08. The standard InChI is InChI=1S/C21H24N4/c1-4-25-19(8-6-11-24-18-10-12-23-16(2)13-18)14-20-17(15-22-3)7-5-9-21(20)25/h5,7,9-10,12-14,22H,4,11,15H2,1-3H3,(H,23,24). The van der Waals surface area contributed by atoms with Crippen LogP contribution in [0, 0.1) is 18.8 Å². The Balaban J connectivity index is 1.83. The van der Waals surface area contributed by atoms with E-state index in [4.69, 9.17) is 0 Å². The fourth-order valence-corrected chi connectivity index (χ4v) is 3.07. The number of pyridine rings is 1. The number of aromatic nitrogens is 2. The van der Waals surface area contributed by atoms with Crippen molar-refractivity contribution in [2.75, 3.05) is 18.9 Å². The van der Waals surface area contributed by atoms with Gasteiger partial charge in [-0.3, -0.25) is 4.98 Å². The molecule has 0 atom stereocenters. The van der Waals surface area contributed by atoms with Gasteiger partial charge in [0.2, 0.25) is 0 Å². The van der Waals surface area contributed by atoms with Crippen LogP contribution in [0.1, 0.15) is 23.9 Å². The molecule has 0 aliphatic rings. The number of nitrogens with one attached hydrogen (secondary N) is 2. The van der Waals surface area contributed by atoms with Crippen molar-refractivity contribution in [1.29, 1.82) is 0 Å². The summed E-state index contributed by atoms with van der Waals surface area (Å²) >= 11 is 0. The number of nitrogens with zero attached hydrogens (tertiary/aromatic N) is 2. The molecule has 0 bridgehead atoms. The summed E-state index contributed by atoms with van der Waals surface area (Å²) < 4.78 is 2.28. The van der Waals surface area contributed by atoms with Crippen LogP contribution in [0.25, 0.3) is 10.9 Å². The van der Waals surface area contributed by atoms with E-state index in [1.54, 1.807) is 0 Å². The van der Waals surface area contributed by atoms with Gasteiger partial charge < -0.3 is 15.2 Å². The lowest BCUT2D eigenvalue weighted by molar-refractivity contribution is 0.786. The van der Waals surface area contributed by atoms with E-state index in [9.17, 15) is 0 Å². The van der Waals surface area contributed by atoms with Gasteiger partial charge in [-0.05, 0) is 56.6 Å². The normalized spacial score (nSPS) is 10.5. The molecule has 128 valence electrons. The first-order chi connectivity index (χ1) is 12.2. The Labute approximate surface area is 149 Å². The first-order valence-corrected chi connectivity index (χ1v) is 8.64. The van der Waals surface area contributed by atoms with Crippen LogP contribution in [0.4, 0.5) is 5.69 Å². The predicted octanol–water partition coefficient (Wildman–Crippen LogP) is 3.55. The highest BCUT2D eigenvalue weighted by molar-refractivity contribution is 5.85. The minimum absolute atomic E-state index is 0.609. The van der Waals surface area contributed by atoms with E-state index in [0.717, 1.165) is 30.2 Å². The molecule has 3 rings (SSSR count). The summed E-state index contributed by atoms with van der Waals surface area (Å²) in [6.07, 6.45) is 1.81. The molecule has 0 aliphatic carbocycles. The number of benzene rings is 1. The number of hydrogen-bond acceptors (Lipinski definition) is 3. The first-order valence-electron chi connectivity index (χ1n) is 8.64. The maximum absolute atomic E-state index is 4.20. The number of aryl methyl sites for hydroxylation is 2. The Morgan fingerprint density at radius 3 is 2.84 bits per heavy atom. The maximum atomic E-state index is 4.20. The van der Waals surface area contributed by atoms with Crippen molar-refractivity contribution in [2.24, 2.45) is 0 Å². The van der Waals surface area contributed by atoms with Crippen molar-refractivity contribution in [3.05, 3.63) is 59.5 Å². The molecule has 3 aromatic rings. The fraction of sp³-hybridized carbons (Fsp3) is 0.286.